The molecule has 1 aliphatic heterocycles. The predicted molar refractivity (Wildman–Crippen MR) is 70.7 cm³/mol. The van der Waals surface area contributed by atoms with Gasteiger partial charge in [0.2, 0.25) is 0 Å². The fourth-order valence-electron chi connectivity index (χ4n) is 2.11. The quantitative estimate of drug-likeness (QED) is 0.796. The SMILES string of the molecule is CSC(C)(C)CNC1CCN(C)CC1C. The lowest BCUT2D eigenvalue weighted by atomic mass is 9.94. The molecule has 0 aromatic rings. The van der Waals surface area contributed by atoms with Crippen LogP contribution in [0.3, 0.4) is 0 Å². The molecule has 2 atom stereocenters. The van der Waals surface area contributed by atoms with Crippen LogP contribution in [0.5, 0.6) is 0 Å². The summed E-state index contributed by atoms with van der Waals surface area (Å²) in [6, 6.07) is 0.715. The minimum atomic E-state index is 0.364. The first-order valence-electron chi connectivity index (χ1n) is 5.92. The number of nitrogens with zero attached hydrogens (tertiary/aromatic N) is 1. The average Bonchev–Trinajstić information content (AvgIpc) is 2.16. The van der Waals surface area contributed by atoms with Crippen LogP contribution in [-0.2, 0) is 0 Å². The molecule has 0 amide bonds. The lowest BCUT2D eigenvalue weighted by Gasteiger charge is -2.37. The Labute approximate surface area is 99.2 Å². The Morgan fingerprint density at radius 1 is 1.47 bits per heavy atom. The van der Waals surface area contributed by atoms with Crippen molar-refractivity contribution in [2.75, 3.05) is 32.9 Å². The molecular weight excluding hydrogens is 204 g/mol. The van der Waals surface area contributed by atoms with E-state index in [-0.39, 0.29) is 0 Å². The first kappa shape index (κ1) is 13.3. The average molecular weight is 230 g/mol. The summed E-state index contributed by atoms with van der Waals surface area (Å²) >= 11 is 1.94. The van der Waals surface area contributed by atoms with E-state index in [1.807, 2.05) is 11.8 Å². The zero-order valence-corrected chi connectivity index (χ0v) is 11.7. The van der Waals surface area contributed by atoms with Crippen LogP contribution in [-0.4, -0.2) is 48.6 Å². The summed E-state index contributed by atoms with van der Waals surface area (Å²) in [6.45, 7) is 10.6. The van der Waals surface area contributed by atoms with Gasteiger partial charge in [0, 0.05) is 23.9 Å². The van der Waals surface area contributed by atoms with Gasteiger partial charge in [-0.1, -0.05) is 6.92 Å². The van der Waals surface area contributed by atoms with Gasteiger partial charge >= 0.3 is 0 Å². The van der Waals surface area contributed by atoms with Crippen LogP contribution in [0.4, 0.5) is 0 Å². The normalized spacial score (nSPS) is 29.4. The summed E-state index contributed by atoms with van der Waals surface area (Å²) in [5, 5.41) is 3.74. The second-order valence-electron chi connectivity index (χ2n) is 5.48. The molecule has 1 N–H and O–H groups in total. The van der Waals surface area contributed by atoms with Gasteiger partial charge in [0.05, 0.1) is 0 Å². The molecule has 1 heterocycles. The molecule has 0 aromatic heterocycles. The summed E-state index contributed by atoms with van der Waals surface area (Å²) in [5.41, 5.74) is 0. The van der Waals surface area contributed by atoms with Gasteiger partial charge in [-0.15, -0.1) is 0 Å². The van der Waals surface area contributed by atoms with Crippen LogP contribution in [0.1, 0.15) is 27.2 Å². The molecule has 1 saturated heterocycles. The summed E-state index contributed by atoms with van der Waals surface area (Å²) in [4.78, 5) is 2.43. The molecule has 0 spiro atoms. The topological polar surface area (TPSA) is 15.3 Å². The minimum absolute atomic E-state index is 0.364. The minimum Gasteiger partial charge on any atom is -0.312 e. The molecule has 0 aliphatic carbocycles. The van der Waals surface area contributed by atoms with Gasteiger partial charge in [0.1, 0.15) is 0 Å². The van der Waals surface area contributed by atoms with Gasteiger partial charge in [0.25, 0.3) is 0 Å². The molecular formula is C12H26N2S. The van der Waals surface area contributed by atoms with Crippen molar-refractivity contribution >= 4 is 11.8 Å². The Bertz CT molecular complexity index is 194. The Balaban J connectivity index is 2.33. The van der Waals surface area contributed by atoms with Crippen LogP contribution < -0.4 is 5.32 Å². The van der Waals surface area contributed by atoms with Crippen molar-refractivity contribution in [2.45, 2.75) is 38.0 Å². The number of nitrogens with one attached hydrogen (secondary N) is 1. The van der Waals surface area contributed by atoms with E-state index >= 15 is 0 Å². The highest BCUT2D eigenvalue weighted by molar-refractivity contribution is 7.99. The van der Waals surface area contributed by atoms with Gasteiger partial charge in [0.15, 0.2) is 0 Å². The van der Waals surface area contributed by atoms with Crippen LogP contribution >= 0.6 is 11.8 Å². The molecule has 2 nitrogen and oxygen atoms in total. The fraction of sp³-hybridized carbons (Fsp3) is 1.00. The number of thioether (sulfide) groups is 1. The smallest absolute Gasteiger partial charge is 0.0225 e. The van der Waals surface area contributed by atoms with Crippen LogP contribution in [0, 0.1) is 5.92 Å². The number of rotatable bonds is 4. The lowest BCUT2D eigenvalue weighted by molar-refractivity contribution is 0.174. The Hall–Kier alpha value is 0.270. The first-order valence-corrected chi connectivity index (χ1v) is 7.14. The molecule has 1 fully saturated rings. The maximum Gasteiger partial charge on any atom is 0.0225 e. The monoisotopic (exact) mass is 230 g/mol. The highest BCUT2D eigenvalue weighted by atomic mass is 32.2. The summed E-state index contributed by atoms with van der Waals surface area (Å²) < 4.78 is 0.364. The molecule has 0 radical (unpaired) electrons. The highest BCUT2D eigenvalue weighted by Gasteiger charge is 2.25. The van der Waals surface area contributed by atoms with E-state index in [2.05, 4.69) is 44.3 Å². The first-order chi connectivity index (χ1) is 6.94. The van der Waals surface area contributed by atoms with Crippen molar-refractivity contribution in [3.8, 4) is 0 Å². The molecule has 0 bridgehead atoms. The van der Waals surface area contributed by atoms with Crippen molar-refractivity contribution < 1.29 is 0 Å². The molecule has 1 rings (SSSR count). The molecule has 15 heavy (non-hydrogen) atoms. The zero-order valence-electron chi connectivity index (χ0n) is 10.8. The Morgan fingerprint density at radius 3 is 2.67 bits per heavy atom. The number of hydrogen-bond donors (Lipinski definition) is 1. The summed E-state index contributed by atoms with van der Waals surface area (Å²) in [6.07, 6.45) is 3.49. The molecule has 1 aliphatic rings. The molecule has 0 saturated carbocycles. The van der Waals surface area contributed by atoms with Crippen molar-refractivity contribution in [3.63, 3.8) is 0 Å². The van der Waals surface area contributed by atoms with Gasteiger partial charge in [-0.25, -0.2) is 0 Å². The van der Waals surface area contributed by atoms with E-state index in [0.29, 0.717) is 10.8 Å². The van der Waals surface area contributed by atoms with Crippen molar-refractivity contribution in [3.05, 3.63) is 0 Å². The van der Waals surface area contributed by atoms with E-state index in [0.717, 1.165) is 12.5 Å². The maximum atomic E-state index is 3.74. The molecule has 2 unspecified atom stereocenters. The van der Waals surface area contributed by atoms with E-state index in [1.165, 1.54) is 19.5 Å². The standard InChI is InChI=1S/C12H26N2S/c1-10-8-14(4)7-6-11(10)13-9-12(2,3)15-5/h10-11,13H,6-9H2,1-5H3. The maximum absolute atomic E-state index is 3.74. The Kier molecular flexibility index (Phi) is 4.94. The number of likely N-dealkylation sites (tertiary alicyclic amines) is 1. The van der Waals surface area contributed by atoms with Crippen molar-refractivity contribution in [1.82, 2.24) is 10.2 Å². The van der Waals surface area contributed by atoms with Crippen LogP contribution in [0.15, 0.2) is 0 Å². The predicted octanol–water partition coefficient (Wildman–Crippen LogP) is 2.06. The van der Waals surface area contributed by atoms with Gasteiger partial charge in [-0.05, 0) is 46.0 Å². The van der Waals surface area contributed by atoms with E-state index in [1.54, 1.807) is 0 Å². The fourth-order valence-corrected chi connectivity index (χ4v) is 2.33. The largest absolute Gasteiger partial charge is 0.312 e. The third-order valence-electron chi connectivity index (χ3n) is 3.45. The zero-order chi connectivity index (χ0) is 11.5. The van der Waals surface area contributed by atoms with Crippen LogP contribution in [0.25, 0.3) is 0 Å². The Morgan fingerprint density at radius 2 is 2.13 bits per heavy atom. The molecule has 3 heteroatoms. The van der Waals surface area contributed by atoms with Gasteiger partial charge < -0.3 is 10.2 Å². The van der Waals surface area contributed by atoms with Gasteiger partial charge in [-0.3, -0.25) is 0 Å². The van der Waals surface area contributed by atoms with Gasteiger partial charge in [-0.2, -0.15) is 11.8 Å². The van der Waals surface area contributed by atoms with Crippen LogP contribution in [0.2, 0.25) is 0 Å². The van der Waals surface area contributed by atoms with E-state index in [4.69, 9.17) is 0 Å². The van der Waals surface area contributed by atoms with Crippen molar-refractivity contribution in [1.29, 1.82) is 0 Å². The third-order valence-corrected chi connectivity index (χ3v) is 4.70. The summed E-state index contributed by atoms with van der Waals surface area (Å²) in [5.74, 6) is 0.779. The van der Waals surface area contributed by atoms with Crippen molar-refractivity contribution in [2.24, 2.45) is 5.92 Å². The van der Waals surface area contributed by atoms with E-state index < -0.39 is 0 Å². The molecule has 90 valence electrons. The third kappa shape index (κ3) is 4.33. The summed E-state index contributed by atoms with van der Waals surface area (Å²) in [7, 11) is 2.22. The molecule has 0 aromatic carbocycles. The number of hydrogen-bond acceptors (Lipinski definition) is 3. The lowest BCUT2D eigenvalue weighted by Crippen LogP contribution is -2.49. The van der Waals surface area contributed by atoms with E-state index in [9.17, 15) is 0 Å². The highest BCUT2D eigenvalue weighted by Crippen LogP contribution is 2.22. The second-order valence-corrected chi connectivity index (χ2v) is 6.99. The number of piperidine rings is 1. The second kappa shape index (κ2) is 5.55.